The number of carbonyl (C=O) groups is 1. The number of amides is 1. The molecule has 1 aromatic heterocycles. The fourth-order valence-corrected chi connectivity index (χ4v) is 2.13. The summed E-state index contributed by atoms with van der Waals surface area (Å²) in [6.45, 7) is 1.71. The molecule has 0 bridgehead atoms. The fraction of sp³-hybridized carbons (Fsp3) is 0.308. The van der Waals surface area contributed by atoms with Crippen molar-refractivity contribution in [2.24, 2.45) is 0 Å². The van der Waals surface area contributed by atoms with Crippen LogP contribution in [0.25, 0.3) is 0 Å². The second-order valence-electron chi connectivity index (χ2n) is 4.38. The Labute approximate surface area is 121 Å². The molecule has 1 atom stereocenters. The molecule has 7 heteroatoms. The summed E-state index contributed by atoms with van der Waals surface area (Å²) in [4.78, 5) is 11.9. The van der Waals surface area contributed by atoms with E-state index >= 15 is 0 Å². The van der Waals surface area contributed by atoms with Crippen LogP contribution in [0.15, 0.2) is 30.5 Å². The largest absolute Gasteiger partial charge is 0.390 e. The maximum Gasteiger partial charge on any atom is 0.242 e. The molecule has 1 heterocycles. The normalized spacial score (nSPS) is 12.2. The first-order valence-electron chi connectivity index (χ1n) is 6.14. The Balaban J connectivity index is 1.96. The van der Waals surface area contributed by atoms with Crippen molar-refractivity contribution in [2.75, 3.05) is 0 Å². The van der Waals surface area contributed by atoms with Crippen LogP contribution < -0.4 is 5.32 Å². The van der Waals surface area contributed by atoms with Gasteiger partial charge in [0.15, 0.2) is 0 Å². The minimum absolute atomic E-state index is 0.0434. The number of aliphatic hydroxyl groups excluding tert-OH is 1. The SMILES string of the molecule is CC(NC(=O)Cn1cc(CO)nn1)c1ccccc1Cl. The molecule has 0 radical (unpaired) electrons. The van der Waals surface area contributed by atoms with Gasteiger partial charge in [-0.25, -0.2) is 4.68 Å². The maximum atomic E-state index is 11.9. The van der Waals surface area contributed by atoms with Gasteiger partial charge < -0.3 is 10.4 Å². The van der Waals surface area contributed by atoms with E-state index in [1.165, 1.54) is 10.9 Å². The lowest BCUT2D eigenvalue weighted by atomic mass is 10.1. The molecular formula is C13H15ClN4O2. The number of nitrogens with one attached hydrogen (secondary N) is 1. The van der Waals surface area contributed by atoms with E-state index < -0.39 is 0 Å². The van der Waals surface area contributed by atoms with Gasteiger partial charge in [0.2, 0.25) is 5.91 Å². The van der Waals surface area contributed by atoms with E-state index in [4.69, 9.17) is 16.7 Å². The summed E-state index contributed by atoms with van der Waals surface area (Å²) < 4.78 is 1.38. The summed E-state index contributed by atoms with van der Waals surface area (Å²) >= 11 is 6.08. The highest BCUT2D eigenvalue weighted by molar-refractivity contribution is 6.31. The third kappa shape index (κ3) is 3.55. The molecule has 106 valence electrons. The summed E-state index contributed by atoms with van der Waals surface area (Å²) in [5, 5.41) is 19.8. The zero-order valence-corrected chi connectivity index (χ0v) is 11.7. The van der Waals surface area contributed by atoms with E-state index in [9.17, 15) is 4.79 Å². The summed E-state index contributed by atoms with van der Waals surface area (Å²) in [5.41, 5.74) is 1.29. The Morgan fingerprint density at radius 2 is 2.25 bits per heavy atom. The van der Waals surface area contributed by atoms with E-state index in [-0.39, 0.29) is 25.1 Å². The lowest BCUT2D eigenvalue weighted by Gasteiger charge is -2.15. The van der Waals surface area contributed by atoms with Crippen LogP contribution >= 0.6 is 11.6 Å². The predicted molar refractivity (Wildman–Crippen MR) is 74.0 cm³/mol. The van der Waals surface area contributed by atoms with Crippen LogP contribution in [0.1, 0.15) is 24.2 Å². The smallest absolute Gasteiger partial charge is 0.242 e. The molecule has 0 aliphatic heterocycles. The number of hydrogen-bond donors (Lipinski definition) is 2. The van der Waals surface area contributed by atoms with Crippen LogP contribution in [0, 0.1) is 0 Å². The molecule has 2 N–H and O–H groups in total. The van der Waals surface area contributed by atoms with Crippen molar-refractivity contribution in [2.45, 2.75) is 26.1 Å². The fourth-order valence-electron chi connectivity index (χ4n) is 1.83. The first-order chi connectivity index (χ1) is 9.60. The lowest BCUT2D eigenvalue weighted by molar-refractivity contribution is -0.122. The van der Waals surface area contributed by atoms with Gasteiger partial charge in [-0.05, 0) is 18.6 Å². The summed E-state index contributed by atoms with van der Waals surface area (Å²) in [6, 6.07) is 7.16. The minimum Gasteiger partial charge on any atom is -0.390 e. The van der Waals surface area contributed by atoms with Crippen LogP contribution in [0.4, 0.5) is 0 Å². The third-order valence-electron chi connectivity index (χ3n) is 2.80. The molecule has 0 saturated carbocycles. The number of aromatic nitrogens is 3. The van der Waals surface area contributed by atoms with E-state index in [1.807, 2.05) is 25.1 Å². The predicted octanol–water partition coefficient (Wildman–Crippen LogP) is 1.30. The minimum atomic E-state index is -0.202. The molecule has 0 saturated heterocycles. The number of halogens is 1. The monoisotopic (exact) mass is 294 g/mol. The van der Waals surface area contributed by atoms with Crippen molar-refractivity contribution in [1.29, 1.82) is 0 Å². The van der Waals surface area contributed by atoms with Crippen LogP contribution in [0.2, 0.25) is 5.02 Å². The average molecular weight is 295 g/mol. The molecule has 2 aromatic rings. The zero-order chi connectivity index (χ0) is 14.5. The second-order valence-corrected chi connectivity index (χ2v) is 4.78. The Hall–Kier alpha value is -1.92. The van der Waals surface area contributed by atoms with Gasteiger partial charge in [0.1, 0.15) is 12.2 Å². The topological polar surface area (TPSA) is 80.0 Å². The Morgan fingerprint density at radius 1 is 1.50 bits per heavy atom. The number of aliphatic hydroxyl groups is 1. The lowest BCUT2D eigenvalue weighted by Crippen LogP contribution is -2.30. The molecule has 0 aliphatic carbocycles. The standard InChI is InChI=1S/C13H15ClN4O2/c1-9(11-4-2-3-5-12(11)14)15-13(20)7-18-6-10(8-19)16-17-18/h2-6,9,19H,7-8H2,1H3,(H,15,20). The van der Waals surface area contributed by atoms with Crippen LogP contribution in [0.3, 0.4) is 0 Å². The molecule has 6 nitrogen and oxygen atoms in total. The van der Waals surface area contributed by atoms with Gasteiger partial charge in [-0.1, -0.05) is 35.0 Å². The van der Waals surface area contributed by atoms with E-state index in [1.54, 1.807) is 6.07 Å². The van der Waals surface area contributed by atoms with Gasteiger partial charge in [0, 0.05) is 5.02 Å². The highest BCUT2D eigenvalue weighted by Gasteiger charge is 2.13. The van der Waals surface area contributed by atoms with Crippen molar-refractivity contribution in [3.05, 3.63) is 46.7 Å². The van der Waals surface area contributed by atoms with Gasteiger partial charge in [-0.3, -0.25) is 4.79 Å². The molecule has 0 spiro atoms. The van der Waals surface area contributed by atoms with Gasteiger partial charge in [0.05, 0.1) is 18.8 Å². The number of hydrogen-bond acceptors (Lipinski definition) is 4. The van der Waals surface area contributed by atoms with Crippen molar-refractivity contribution < 1.29 is 9.90 Å². The van der Waals surface area contributed by atoms with Crippen molar-refractivity contribution in [1.82, 2.24) is 20.3 Å². The van der Waals surface area contributed by atoms with Crippen molar-refractivity contribution in [3.8, 4) is 0 Å². The Bertz CT molecular complexity index is 600. The number of nitrogens with zero attached hydrogens (tertiary/aromatic N) is 3. The molecule has 0 fully saturated rings. The summed E-state index contributed by atoms with van der Waals surface area (Å²) in [5.74, 6) is -0.202. The molecule has 1 unspecified atom stereocenters. The summed E-state index contributed by atoms with van der Waals surface area (Å²) in [6.07, 6.45) is 1.53. The molecule has 20 heavy (non-hydrogen) atoms. The van der Waals surface area contributed by atoms with Crippen molar-refractivity contribution >= 4 is 17.5 Å². The van der Waals surface area contributed by atoms with E-state index in [0.717, 1.165) is 5.56 Å². The first-order valence-corrected chi connectivity index (χ1v) is 6.51. The van der Waals surface area contributed by atoms with E-state index in [2.05, 4.69) is 15.6 Å². The quantitative estimate of drug-likeness (QED) is 0.871. The highest BCUT2D eigenvalue weighted by atomic mass is 35.5. The first kappa shape index (κ1) is 14.5. The van der Waals surface area contributed by atoms with Gasteiger partial charge in [-0.2, -0.15) is 0 Å². The average Bonchev–Trinajstić information content (AvgIpc) is 2.86. The van der Waals surface area contributed by atoms with Crippen LogP contribution in [-0.4, -0.2) is 26.0 Å². The highest BCUT2D eigenvalue weighted by Crippen LogP contribution is 2.21. The number of rotatable bonds is 5. The third-order valence-corrected chi connectivity index (χ3v) is 3.15. The molecule has 0 aliphatic rings. The van der Waals surface area contributed by atoms with E-state index in [0.29, 0.717) is 10.7 Å². The van der Waals surface area contributed by atoms with Gasteiger partial charge >= 0.3 is 0 Å². The van der Waals surface area contributed by atoms with Gasteiger partial charge in [0.25, 0.3) is 0 Å². The Kier molecular flexibility index (Phi) is 4.70. The second kappa shape index (κ2) is 6.49. The maximum absolute atomic E-state index is 11.9. The van der Waals surface area contributed by atoms with Crippen molar-refractivity contribution in [3.63, 3.8) is 0 Å². The Morgan fingerprint density at radius 3 is 2.90 bits per heavy atom. The molecule has 1 aromatic carbocycles. The summed E-state index contributed by atoms with van der Waals surface area (Å²) in [7, 11) is 0. The number of carbonyl (C=O) groups excluding carboxylic acids is 1. The zero-order valence-electron chi connectivity index (χ0n) is 11.0. The molecular weight excluding hydrogens is 280 g/mol. The number of benzene rings is 1. The molecule has 1 amide bonds. The van der Waals surface area contributed by atoms with Gasteiger partial charge in [-0.15, -0.1) is 5.10 Å². The molecule has 2 rings (SSSR count). The van der Waals surface area contributed by atoms with Crippen LogP contribution in [0.5, 0.6) is 0 Å². The van der Waals surface area contributed by atoms with Crippen LogP contribution in [-0.2, 0) is 17.9 Å².